The fraction of sp³-hybridized carbons (Fsp3) is 0.364. The maximum Gasteiger partial charge on any atom is 0.254 e. The summed E-state index contributed by atoms with van der Waals surface area (Å²) in [5.74, 6) is 1.24. The zero-order valence-electron chi connectivity index (χ0n) is 16.6. The number of amides is 1. The number of ether oxygens (including phenoxy) is 1. The van der Waals surface area contributed by atoms with E-state index in [0.717, 1.165) is 39.2 Å². The van der Waals surface area contributed by atoms with Crippen molar-refractivity contribution in [2.24, 2.45) is 5.92 Å². The molecule has 0 unspecified atom stereocenters. The molecule has 0 spiro atoms. The number of aromatic nitrogens is 1. The van der Waals surface area contributed by atoms with Crippen LogP contribution in [0.4, 0.5) is 5.13 Å². The summed E-state index contributed by atoms with van der Waals surface area (Å²) in [7, 11) is 0. The normalized spacial score (nSPS) is 14.6. The zero-order chi connectivity index (χ0) is 20.4. The molecule has 1 aromatic heterocycles. The van der Waals surface area contributed by atoms with Gasteiger partial charge in [-0.05, 0) is 42.3 Å². The zero-order valence-corrected chi connectivity index (χ0v) is 18.2. The average Bonchev–Trinajstić information content (AvgIpc) is 3.15. The van der Waals surface area contributed by atoms with E-state index in [1.54, 1.807) is 11.3 Å². The molecule has 1 aliphatic heterocycles. The third-order valence-electron chi connectivity index (χ3n) is 4.84. The summed E-state index contributed by atoms with van der Waals surface area (Å²) in [6.07, 6.45) is 0. The number of benzene rings is 2. The first-order valence-electron chi connectivity index (χ1n) is 9.83. The van der Waals surface area contributed by atoms with Gasteiger partial charge in [-0.2, -0.15) is 0 Å². The lowest BCUT2D eigenvalue weighted by Gasteiger charge is -2.34. The van der Waals surface area contributed by atoms with Gasteiger partial charge in [-0.1, -0.05) is 42.9 Å². The maximum atomic E-state index is 12.9. The minimum absolute atomic E-state index is 0.0516. The highest BCUT2D eigenvalue weighted by Crippen LogP contribution is 2.31. The number of carbonyl (C=O) groups is 1. The predicted octanol–water partition coefficient (Wildman–Crippen LogP) is 4.95. The van der Waals surface area contributed by atoms with E-state index in [2.05, 4.69) is 18.7 Å². The quantitative estimate of drug-likeness (QED) is 0.575. The number of hydrogen-bond donors (Lipinski definition) is 0. The number of fused-ring (bicyclic) bond motifs is 1. The lowest BCUT2D eigenvalue weighted by Crippen LogP contribution is -2.48. The Morgan fingerprint density at radius 1 is 1.17 bits per heavy atom. The highest BCUT2D eigenvalue weighted by Gasteiger charge is 2.24. The molecular formula is C22H24ClN3O2S. The Morgan fingerprint density at radius 3 is 2.72 bits per heavy atom. The van der Waals surface area contributed by atoms with Gasteiger partial charge in [0, 0.05) is 36.8 Å². The number of carbonyl (C=O) groups excluding carboxylic acids is 1. The molecule has 0 saturated carbocycles. The second-order valence-corrected chi connectivity index (χ2v) is 9.07. The van der Waals surface area contributed by atoms with Crippen LogP contribution in [0.5, 0.6) is 5.75 Å². The number of rotatable bonds is 5. The lowest BCUT2D eigenvalue weighted by molar-refractivity contribution is 0.0746. The minimum Gasteiger partial charge on any atom is -0.493 e. The Bertz CT molecular complexity index is 1010. The van der Waals surface area contributed by atoms with Crippen LogP contribution in [0.25, 0.3) is 10.2 Å². The molecule has 2 aromatic carbocycles. The average molecular weight is 430 g/mol. The first-order chi connectivity index (χ1) is 14.0. The second kappa shape index (κ2) is 8.59. The first-order valence-corrected chi connectivity index (χ1v) is 11.0. The van der Waals surface area contributed by atoms with E-state index >= 15 is 0 Å². The summed E-state index contributed by atoms with van der Waals surface area (Å²) in [5, 5.41) is 1.71. The smallest absolute Gasteiger partial charge is 0.254 e. The molecule has 0 atom stereocenters. The van der Waals surface area contributed by atoms with Gasteiger partial charge in [0.05, 0.1) is 16.8 Å². The van der Waals surface area contributed by atoms with Crippen LogP contribution in [-0.2, 0) is 0 Å². The van der Waals surface area contributed by atoms with Crippen LogP contribution in [0, 0.1) is 5.92 Å². The molecule has 152 valence electrons. The van der Waals surface area contributed by atoms with Crippen molar-refractivity contribution in [2.45, 2.75) is 13.8 Å². The highest BCUT2D eigenvalue weighted by molar-refractivity contribution is 7.22. The molecule has 0 bridgehead atoms. The molecule has 29 heavy (non-hydrogen) atoms. The van der Waals surface area contributed by atoms with Crippen molar-refractivity contribution in [1.82, 2.24) is 9.88 Å². The van der Waals surface area contributed by atoms with Gasteiger partial charge in [0.15, 0.2) is 5.13 Å². The van der Waals surface area contributed by atoms with Crippen molar-refractivity contribution in [3.05, 3.63) is 53.1 Å². The van der Waals surface area contributed by atoms with Gasteiger partial charge in [0.25, 0.3) is 5.91 Å². The molecule has 0 N–H and O–H groups in total. The molecule has 1 amide bonds. The number of halogens is 1. The van der Waals surface area contributed by atoms with Crippen LogP contribution < -0.4 is 9.64 Å². The van der Waals surface area contributed by atoms with Gasteiger partial charge in [-0.3, -0.25) is 4.79 Å². The minimum atomic E-state index is 0.0516. The molecule has 1 saturated heterocycles. The van der Waals surface area contributed by atoms with E-state index < -0.39 is 0 Å². The monoisotopic (exact) mass is 429 g/mol. The molecule has 0 aliphatic carbocycles. The van der Waals surface area contributed by atoms with E-state index in [4.69, 9.17) is 21.3 Å². The molecule has 2 heterocycles. The number of piperazine rings is 1. The van der Waals surface area contributed by atoms with Crippen LogP contribution in [-0.4, -0.2) is 48.6 Å². The molecular weight excluding hydrogens is 406 g/mol. The van der Waals surface area contributed by atoms with Crippen LogP contribution in [0.15, 0.2) is 42.5 Å². The van der Waals surface area contributed by atoms with Crippen molar-refractivity contribution in [3.63, 3.8) is 0 Å². The molecule has 1 fully saturated rings. The van der Waals surface area contributed by atoms with E-state index in [9.17, 15) is 4.79 Å². The lowest BCUT2D eigenvalue weighted by atomic mass is 10.1. The van der Waals surface area contributed by atoms with Crippen LogP contribution in [0.1, 0.15) is 24.2 Å². The van der Waals surface area contributed by atoms with Crippen LogP contribution in [0.2, 0.25) is 5.02 Å². The van der Waals surface area contributed by atoms with Gasteiger partial charge < -0.3 is 14.5 Å². The summed E-state index contributed by atoms with van der Waals surface area (Å²) in [6.45, 7) is 7.73. The van der Waals surface area contributed by atoms with E-state index in [0.29, 0.717) is 31.2 Å². The Hall–Kier alpha value is -2.31. The number of hydrogen-bond acceptors (Lipinski definition) is 5. The summed E-state index contributed by atoms with van der Waals surface area (Å²) >= 11 is 7.73. The number of anilines is 1. The predicted molar refractivity (Wildman–Crippen MR) is 120 cm³/mol. The molecule has 0 radical (unpaired) electrons. The Morgan fingerprint density at radius 2 is 1.97 bits per heavy atom. The van der Waals surface area contributed by atoms with Crippen molar-refractivity contribution in [3.8, 4) is 5.75 Å². The van der Waals surface area contributed by atoms with E-state index in [1.807, 2.05) is 47.4 Å². The van der Waals surface area contributed by atoms with Gasteiger partial charge >= 0.3 is 0 Å². The highest BCUT2D eigenvalue weighted by atomic mass is 35.5. The summed E-state index contributed by atoms with van der Waals surface area (Å²) < 4.78 is 6.85. The van der Waals surface area contributed by atoms with E-state index in [-0.39, 0.29) is 5.91 Å². The van der Waals surface area contributed by atoms with Crippen molar-refractivity contribution >= 4 is 44.2 Å². The largest absolute Gasteiger partial charge is 0.493 e. The van der Waals surface area contributed by atoms with Gasteiger partial charge in [0.1, 0.15) is 5.75 Å². The van der Waals surface area contributed by atoms with Crippen molar-refractivity contribution in [2.75, 3.05) is 37.7 Å². The standard InChI is InChI=1S/C22H24ClN3O2S/c1-15(2)14-28-18-5-3-4-16(12-18)21(27)25-8-10-26(11-9-25)22-24-19-7-6-17(23)13-20(19)29-22/h3-7,12-13,15H,8-11,14H2,1-2H3. The molecule has 3 aromatic rings. The second-order valence-electron chi connectivity index (χ2n) is 7.62. The fourth-order valence-electron chi connectivity index (χ4n) is 3.29. The molecule has 5 nitrogen and oxygen atoms in total. The van der Waals surface area contributed by atoms with E-state index in [1.165, 1.54) is 0 Å². The number of thiazole rings is 1. The van der Waals surface area contributed by atoms with Crippen molar-refractivity contribution in [1.29, 1.82) is 0 Å². The summed E-state index contributed by atoms with van der Waals surface area (Å²) in [6, 6.07) is 13.2. The number of nitrogens with zero attached hydrogens (tertiary/aromatic N) is 3. The van der Waals surface area contributed by atoms with Crippen LogP contribution >= 0.6 is 22.9 Å². The third-order valence-corrected chi connectivity index (χ3v) is 6.15. The molecule has 7 heteroatoms. The summed E-state index contributed by atoms with van der Waals surface area (Å²) in [5.41, 5.74) is 1.64. The van der Waals surface area contributed by atoms with Gasteiger partial charge in [-0.25, -0.2) is 4.98 Å². The SMILES string of the molecule is CC(C)COc1cccc(C(=O)N2CCN(c3nc4ccc(Cl)cc4s3)CC2)c1. The molecule has 4 rings (SSSR count). The topological polar surface area (TPSA) is 45.7 Å². The van der Waals surface area contributed by atoms with Crippen LogP contribution in [0.3, 0.4) is 0 Å². The fourth-order valence-corrected chi connectivity index (χ4v) is 4.58. The Labute approximate surface area is 179 Å². The summed E-state index contributed by atoms with van der Waals surface area (Å²) in [4.78, 5) is 21.8. The molecule has 1 aliphatic rings. The Kier molecular flexibility index (Phi) is 5.92. The van der Waals surface area contributed by atoms with Gasteiger partial charge in [0.2, 0.25) is 0 Å². The third kappa shape index (κ3) is 4.65. The maximum absolute atomic E-state index is 12.9. The Balaban J connectivity index is 1.40. The first kappa shape index (κ1) is 20.0. The van der Waals surface area contributed by atoms with Gasteiger partial charge in [-0.15, -0.1) is 0 Å². The van der Waals surface area contributed by atoms with Crippen molar-refractivity contribution < 1.29 is 9.53 Å².